The van der Waals surface area contributed by atoms with E-state index in [0.717, 1.165) is 19.2 Å². The minimum atomic E-state index is -4.10. The van der Waals surface area contributed by atoms with Gasteiger partial charge in [-0.1, -0.05) is 0 Å². The molecule has 0 amide bonds. The summed E-state index contributed by atoms with van der Waals surface area (Å²) in [5.41, 5.74) is -0.107. The van der Waals surface area contributed by atoms with Crippen LogP contribution >= 0.6 is 10.7 Å². The van der Waals surface area contributed by atoms with Gasteiger partial charge in [-0.25, -0.2) is 17.6 Å². The number of ether oxygens (including phenoxy) is 1. The molecule has 16 heavy (non-hydrogen) atoms. The van der Waals surface area contributed by atoms with Crippen molar-refractivity contribution in [1.29, 1.82) is 0 Å². The Morgan fingerprint density at radius 3 is 2.44 bits per heavy atom. The van der Waals surface area contributed by atoms with Crippen LogP contribution in [0.25, 0.3) is 0 Å². The van der Waals surface area contributed by atoms with E-state index in [9.17, 15) is 17.6 Å². The Bertz CT molecular complexity index is 539. The second-order valence-corrected chi connectivity index (χ2v) is 5.54. The van der Waals surface area contributed by atoms with E-state index in [1.54, 1.807) is 0 Å². The summed E-state index contributed by atoms with van der Waals surface area (Å²) in [6.07, 6.45) is 0. The molecule has 88 valence electrons. The lowest BCUT2D eigenvalue weighted by Gasteiger charge is -2.07. The Kier molecular flexibility index (Phi) is 3.54. The maximum atomic E-state index is 13.1. The van der Waals surface area contributed by atoms with Crippen LogP contribution in [0.5, 0.6) is 0 Å². The van der Waals surface area contributed by atoms with Crippen molar-refractivity contribution in [2.75, 3.05) is 7.11 Å². The molecule has 0 aliphatic rings. The highest BCUT2D eigenvalue weighted by atomic mass is 35.7. The summed E-state index contributed by atoms with van der Waals surface area (Å²) in [7, 11) is 2.13. The summed E-state index contributed by atoms with van der Waals surface area (Å²) in [4.78, 5) is 10.8. The lowest BCUT2D eigenvalue weighted by Crippen LogP contribution is -2.08. The van der Waals surface area contributed by atoms with E-state index in [1.807, 2.05) is 0 Å². The number of benzene rings is 1. The monoisotopic (exact) mass is 266 g/mol. The summed E-state index contributed by atoms with van der Waals surface area (Å²) >= 11 is 0. The number of hydrogen-bond donors (Lipinski definition) is 0. The van der Waals surface area contributed by atoms with Gasteiger partial charge in [-0.2, -0.15) is 0 Å². The average molecular weight is 267 g/mol. The van der Waals surface area contributed by atoms with Crippen molar-refractivity contribution in [3.63, 3.8) is 0 Å². The number of rotatable bonds is 2. The normalized spacial score (nSPS) is 11.2. The summed E-state index contributed by atoms with van der Waals surface area (Å²) < 4.78 is 39.7. The van der Waals surface area contributed by atoms with Gasteiger partial charge in [0, 0.05) is 10.7 Å². The van der Waals surface area contributed by atoms with E-state index in [4.69, 9.17) is 10.7 Å². The smallest absolute Gasteiger partial charge is 0.338 e. The molecule has 0 heterocycles. The first-order valence-corrected chi connectivity index (χ1v) is 6.41. The van der Waals surface area contributed by atoms with E-state index in [1.165, 1.54) is 6.92 Å². The van der Waals surface area contributed by atoms with Gasteiger partial charge in [0.05, 0.1) is 17.6 Å². The van der Waals surface area contributed by atoms with Crippen molar-refractivity contribution < 1.29 is 22.3 Å². The van der Waals surface area contributed by atoms with Crippen molar-refractivity contribution in [3.8, 4) is 0 Å². The predicted octanol–water partition coefficient (Wildman–Crippen LogP) is 1.85. The molecular formula is C9H8ClFO4S. The van der Waals surface area contributed by atoms with E-state index in [0.29, 0.717) is 0 Å². The maximum Gasteiger partial charge on any atom is 0.338 e. The molecule has 0 aliphatic carbocycles. The Labute approximate surface area is 96.4 Å². The fraction of sp³-hybridized carbons (Fsp3) is 0.222. The second kappa shape index (κ2) is 4.39. The Morgan fingerprint density at radius 2 is 2.00 bits per heavy atom. The van der Waals surface area contributed by atoms with Crippen molar-refractivity contribution in [3.05, 3.63) is 29.1 Å². The topological polar surface area (TPSA) is 60.4 Å². The number of carbonyl (C=O) groups excluding carboxylic acids is 1. The Balaban J connectivity index is 3.56. The second-order valence-electron chi connectivity index (χ2n) is 3.01. The third-order valence-corrected chi connectivity index (χ3v) is 3.44. The van der Waals surface area contributed by atoms with Gasteiger partial charge in [0.1, 0.15) is 5.82 Å². The molecule has 0 aromatic heterocycles. The molecule has 1 rings (SSSR count). The summed E-state index contributed by atoms with van der Waals surface area (Å²) in [6.45, 7) is 1.35. The van der Waals surface area contributed by atoms with E-state index in [2.05, 4.69) is 4.74 Å². The van der Waals surface area contributed by atoms with Gasteiger partial charge in [0.15, 0.2) is 0 Å². The molecule has 0 fully saturated rings. The molecule has 0 unspecified atom stereocenters. The molecule has 7 heteroatoms. The molecule has 0 spiro atoms. The van der Waals surface area contributed by atoms with Crippen LogP contribution in [-0.4, -0.2) is 21.5 Å². The van der Waals surface area contributed by atoms with Crippen molar-refractivity contribution in [2.45, 2.75) is 11.8 Å². The number of esters is 1. The number of halogens is 2. The fourth-order valence-corrected chi connectivity index (χ4v) is 2.44. The Hall–Kier alpha value is -1.14. The van der Waals surface area contributed by atoms with Gasteiger partial charge in [-0.15, -0.1) is 0 Å². The SMILES string of the molecule is COC(=O)c1cc(F)cc(S(=O)(=O)Cl)c1C. The van der Waals surface area contributed by atoms with Crippen LogP contribution in [0.4, 0.5) is 4.39 Å². The number of carbonyl (C=O) groups is 1. The van der Waals surface area contributed by atoms with E-state index < -0.39 is 25.7 Å². The van der Waals surface area contributed by atoms with Crippen LogP contribution in [0.1, 0.15) is 15.9 Å². The first kappa shape index (κ1) is 12.9. The number of methoxy groups -OCH3 is 1. The maximum absolute atomic E-state index is 13.1. The zero-order chi connectivity index (χ0) is 12.5. The molecule has 0 bridgehead atoms. The largest absolute Gasteiger partial charge is 0.465 e. The van der Waals surface area contributed by atoms with Gasteiger partial charge in [-0.3, -0.25) is 0 Å². The van der Waals surface area contributed by atoms with E-state index >= 15 is 0 Å². The molecular weight excluding hydrogens is 259 g/mol. The average Bonchev–Trinajstić information content (AvgIpc) is 2.18. The lowest BCUT2D eigenvalue weighted by atomic mass is 10.1. The third kappa shape index (κ3) is 2.51. The lowest BCUT2D eigenvalue weighted by molar-refractivity contribution is 0.0599. The minimum absolute atomic E-state index is 0.0586. The molecule has 1 aromatic rings. The van der Waals surface area contributed by atoms with Gasteiger partial charge < -0.3 is 4.74 Å². The van der Waals surface area contributed by atoms with Gasteiger partial charge >= 0.3 is 5.97 Å². The summed E-state index contributed by atoms with van der Waals surface area (Å²) in [5, 5.41) is 0. The summed E-state index contributed by atoms with van der Waals surface area (Å²) in [5.74, 6) is -1.69. The van der Waals surface area contributed by atoms with Crippen LogP contribution < -0.4 is 0 Å². The Morgan fingerprint density at radius 1 is 1.44 bits per heavy atom. The molecule has 4 nitrogen and oxygen atoms in total. The molecule has 1 aromatic carbocycles. The highest BCUT2D eigenvalue weighted by Gasteiger charge is 2.21. The van der Waals surface area contributed by atoms with Crippen molar-refractivity contribution >= 4 is 25.7 Å². The molecule has 0 N–H and O–H groups in total. The van der Waals surface area contributed by atoms with Gasteiger partial charge in [0.2, 0.25) is 0 Å². The number of hydrogen-bond acceptors (Lipinski definition) is 4. The first-order chi connectivity index (χ1) is 7.27. The highest BCUT2D eigenvalue weighted by Crippen LogP contribution is 2.24. The molecule has 0 aliphatic heterocycles. The minimum Gasteiger partial charge on any atom is -0.465 e. The van der Waals surface area contributed by atoms with Crippen LogP contribution in [-0.2, 0) is 13.8 Å². The molecule has 0 radical (unpaired) electrons. The quantitative estimate of drug-likeness (QED) is 0.605. The van der Waals surface area contributed by atoms with Crippen molar-refractivity contribution in [2.24, 2.45) is 0 Å². The fourth-order valence-electron chi connectivity index (χ4n) is 1.23. The van der Waals surface area contributed by atoms with Crippen LogP contribution in [0, 0.1) is 12.7 Å². The highest BCUT2D eigenvalue weighted by molar-refractivity contribution is 8.13. The third-order valence-electron chi connectivity index (χ3n) is 1.99. The zero-order valence-corrected chi connectivity index (χ0v) is 10.0. The van der Waals surface area contributed by atoms with Crippen LogP contribution in [0.3, 0.4) is 0 Å². The van der Waals surface area contributed by atoms with Crippen LogP contribution in [0.2, 0.25) is 0 Å². The summed E-state index contributed by atoms with van der Waals surface area (Å²) in [6, 6.07) is 1.65. The standard InChI is InChI=1S/C9H8ClFO4S/c1-5-7(9(12)15-2)3-6(11)4-8(5)16(10,13)14/h3-4H,1-2H3. The van der Waals surface area contributed by atoms with Gasteiger partial charge in [0.25, 0.3) is 9.05 Å². The van der Waals surface area contributed by atoms with Gasteiger partial charge in [-0.05, 0) is 24.6 Å². The molecule has 0 saturated carbocycles. The van der Waals surface area contributed by atoms with E-state index in [-0.39, 0.29) is 11.1 Å². The first-order valence-electron chi connectivity index (χ1n) is 4.10. The predicted molar refractivity (Wildman–Crippen MR) is 55.5 cm³/mol. The zero-order valence-electron chi connectivity index (χ0n) is 8.45. The molecule has 0 atom stereocenters. The van der Waals surface area contributed by atoms with Crippen molar-refractivity contribution in [1.82, 2.24) is 0 Å². The molecule has 0 saturated heterocycles. The van der Waals surface area contributed by atoms with Crippen LogP contribution in [0.15, 0.2) is 17.0 Å².